The van der Waals surface area contributed by atoms with Crippen LogP contribution in [0.15, 0.2) is 60.7 Å². The summed E-state index contributed by atoms with van der Waals surface area (Å²) < 4.78 is 44.9. The molecule has 4 bridgehead atoms. The van der Waals surface area contributed by atoms with Crippen molar-refractivity contribution in [3.8, 4) is 0 Å². The number of quaternary nitrogens is 1. The van der Waals surface area contributed by atoms with Crippen LogP contribution in [0.3, 0.4) is 0 Å². The fourth-order valence-electron chi connectivity index (χ4n) is 7.02. The lowest BCUT2D eigenvalue weighted by atomic mass is 9.96. The zero-order chi connectivity index (χ0) is 33.6. The summed E-state index contributed by atoms with van der Waals surface area (Å²) in [6, 6.07) is 17.5. The number of carbonyl (C=O) groups excluding carboxylic acids is 3. The lowest BCUT2D eigenvalue weighted by Crippen LogP contribution is -3.00. The molecule has 280 valence electrons. The first kappa shape index (κ1) is 42.5. The van der Waals surface area contributed by atoms with E-state index in [2.05, 4.69) is 16.0 Å². The van der Waals surface area contributed by atoms with Gasteiger partial charge in [-0.3, -0.25) is 4.90 Å². The molecule has 4 aliphatic heterocycles. The summed E-state index contributed by atoms with van der Waals surface area (Å²) in [5, 5.41) is 7.43. The highest BCUT2D eigenvalue weighted by molar-refractivity contribution is 5.71. The molecule has 3 amide bonds. The summed E-state index contributed by atoms with van der Waals surface area (Å²) in [6.07, 6.45) is 0.311. The molecule has 0 aromatic heterocycles. The fourth-order valence-corrected chi connectivity index (χ4v) is 7.02. The van der Waals surface area contributed by atoms with Crippen molar-refractivity contribution in [2.45, 2.75) is 142 Å². The molecular weight excluding hydrogens is 670 g/mol. The Hall–Kier alpha value is -3.64. The SMILES string of the molecule is C.C.CC(C)(C)OC(=O)N1[C@@H]2CC[C@H]1[C@H](F)[C@H](NC(=O)OCc1ccccc1)C2.O=C(N[C@@H]1C[C@H]2CC[C@H]([NH2+]2)[C@@H]1F)OCc1ccccc1.[Cl-]. The van der Waals surface area contributed by atoms with Gasteiger partial charge in [-0.05, 0) is 51.2 Å². The monoisotopic (exact) mass is 724 g/mol. The lowest BCUT2D eigenvalue weighted by molar-refractivity contribution is -0.715. The summed E-state index contributed by atoms with van der Waals surface area (Å²) in [4.78, 5) is 37.8. The van der Waals surface area contributed by atoms with E-state index >= 15 is 0 Å². The number of amides is 3. The number of piperidine rings is 2. The molecule has 0 radical (unpaired) electrons. The Labute approximate surface area is 301 Å². The number of ether oxygens (including phenoxy) is 3. The number of halogens is 3. The number of fused-ring (bicyclic) bond motifs is 4. The average molecular weight is 725 g/mol. The maximum absolute atomic E-state index is 15.0. The number of alkyl halides is 2. The molecule has 10 nitrogen and oxygen atoms in total. The van der Waals surface area contributed by atoms with E-state index in [-0.39, 0.29) is 52.6 Å². The molecule has 4 N–H and O–H groups in total. The minimum atomic E-state index is -1.35. The molecule has 2 aromatic carbocycles. The predicted molar refractivity (Wildman–Crippen MR) is 183 cm³/mol. The van der Waals surface area contributed by atoms with Crippen molar-refractivity contribution in [2.24, 2.45) is 0 Å². The molecule has 4 saturated heterocycles. The predicted octanol–water partition coefficient (Wildman–Crippen LogP) is 3.19. The number of hydrogen-bond donors (Lipinski definition) is 3. The van der Waals surface area contributed by atoms with E-state index in [1.165, 1.54) is 4.90 Å². The van der Waals surface area contributed by atoms with Crippen LogP contribution >= 0.6 is 0 Å². The van der Waals surface area contributed by atoms with Crippen molar-refractivity contribution < 1.29 is 55.1 Å². The van der Waals surface area contributed by atoms with Crippen LogP contribution in [0, 0.1) is 0 Å². The van der Waals surface area contributed by atoms with Crippen molar-refractivity contribution in [3.63, 3.8) is 0 Å². The molecule has 0 saturated carbocycles. The van der Waals surface area contributed by atoms with Crippen LogP contribution in [-0.2, 0) is 27.4 Å². The standard InChI is InChI=1S/C20H27FN2O4.C15H19FN2O2.2CH4.ClH/c1-20(2,3)27-19(25)23-14-9-10-16(23)17(21)15(11-14)22-18(24)26-12-13-7-5-4-6-8-13;16-14-12-7-6-11(17-12)8-13(14)18-15(19)20-9-10-4-2-1-3-5-10;;;/h4-8,14-17H,9-12H2,1-3H3,(H,22,24);1-5,11-14,17H,6-9H2,(H,18,19);2*1H4;1H/t14-,15-,16+,17-;11-,12+,13-,14+;;;/m11.../s1. The zero-order valence-corrected chi connectivity index (χ0v) is 28.4. The van der Waals surface area contributed by atoms with Gasteiger partial charge in [-0.25, -0.2) is 23.2 Å². The molecule has 2 aromatic rings. The molecule has 13 heteroatoms. The Morgan fingerprint density at radius 2 is 1.30 bits per heavy atom. The van der Waals surface area contributed by atoms with E-state index in [0.29, 0.717) is 31.7 Å². The highest BCUT2D eigenvalue weighted by Gasteiger charge is 2.51. The third-order valence-electron chi connectivity index (χ3n) is 9.20. The smallest absolute Gasteiger partial charge is 0.410 e. The first-order chi connectivity index (χ1) is 22.5. The Morgan fingerprint density at radius 1 is 0.780 bits per heavy atom. The minimum Gasteiger partial charge on any atom is -1.00 e. The fraction of sp³-hybridized carbons (Fsp3) is 0.595. The highest BCUT2D eigenvalue weighted by Crippen LogP contribution is 2.38. The number of rotatable bonds is 6. The van der Waals surface area contributed by atoms with Gasteiger partial charge in [0.1, 0.15) is 31.0 Å². The van der Waals surface area contributed by atoms with Crippen molar-refractivity contribution in [1.82, 2.24) is 15.5 Å². The zero-order valence-electron chi connectivity index (χ0n) is 27.7. The molecule has 4 fully saturated rings. The van der Waals surface area contributed by atoms with Gasteiger partial charge in [-0.1, -0.05) is 75.5 Å². The molecule has 0 unspecified atom stereocenters. The van der Waals surface area contributed by atoms with Gasteiger partial charge in [-0.2, -0.15) is 0 Å². The molecule has 0 spiro atoms. The van der Waals surface area contributed by atoms with Gasteiger partial charge in [0.15, 0.2) is 6.17 Å². The Kier molecular flexibility index (Phi) is 16.2. The van der Waals surface area contributed by atoms with Crippen LogP contribution in [-0.4, -0.2) is 77.4 Å². The number of alkyl carbamates (subject to hydrolysis) is 2. The van der Waals surface area contributed by atoms with Gasteiger partial charge >= 0.3 is 18.3 Å². The molecule has 6 rings (SSSR count). The summed E-state index contributed by atoms with van der Waals surface area (Å²) >= 11 is 0. The second-order valence-electron chi connectivity index (χ2n) is 13.9. The number of nitrogens with zero attached hydrogens (tertiary/aromatic N) is 1. The topological polar surface area (TPSA) is 123 Å². The van der Waals surface area contributed by atoms with E-state index in [1.54, 1.807) is 20.8 Å². The number of benzene rings is 2. The van der Waals surface area contributed by atoms with Gasteiger partial charge in [0, 0.05) is 25.3 Å². The number of hydrogen-bond acceptors (Lipinski definition) is 6. The van der Waals surface area contributed by atoms with Gasteiger partial charge in [0.2, 0.25) is 0 Å². The molecule has 4 heterocycles. The average Bonchev–Trinajstić information content (AvgIpc) is 3.62. The van der Waals surface area contributed by atoms with Crippen molar-refractivity contribution >= 4 is 18.3 Å². The van der Waals surface area contributed by atoms with Crippen molar-refractivity contribution in [2.75, 3.05) is 0 Å². The van der Waals surface area contributed by atoms with Crippen LogP contribution in [0.4, 0.5) is 23.2 Å². The Morgan fingerprint density at radius 3 is 1.82 bits per heavy atom. The number of nitrogens with two attached hydrogens (primary N) is 1. The first-order valence-electron chi connectivity index (χ1n) is 16.6. The molecule has 4 aliphatic rings. The second kappa shape index (κ2) is 19.1. The van der Waals surface area contributed by atoms with Gasteiger partial charge < -0.3 is 42.6 Å². The van der Waals surface area contributed by atoms with Crippen LogP contribution in [0.25, 0.3) is 0 Å². The maximum atomic E-state index is 15.0. The van der Waals surface area contributed by atoms with Gasteiger partial charge in [0.25, 0.3) is 0 Å². The van der Waals surface area contributed by atoms with Crippen LogP contribution in [0.5, 0.6) is 0 Å². The molecule has 0 aliphatic carbocycles. The highest BCUT2D eigenvalue weighted by atomic mass is 35.5. The largest absolute Gasteiger partial charge is 1.00 e. The van der Waals surface area contributed by atoms with E-state index in [9.17, 15) is 23.2 Å². The Balaban J connectivity index is 0.000000339. The van der Waals surface area contributed by atoms with Gasteiger partial charge in [0.05, 0.1) is 24.2 Å². The van der Waals surface area contributed by atoms with E-state index in [0.717, 1.165) is 24.0 Å². The maximum Gasteiger partial charge on any atom is 0.410 e. The van der Waals surface area contributed by atoms with Crippen molar-refractivity contribution in [3.05, 3.63) is 71.8 Å². The van der Waals surface area contributed by atoms with Gasteiger partial charge in [-0.15, -0.1) is 0 Å². The molecular formula is C37H55ClF2N4O6. The summed E-state index contributed by atoms with van der Waals surface area (Å²) in [7, 11) is 0. The van der Waals surface area contributed by atoms with Crippen LogP contribution in [0.1, 0.15) is 85.3 Å². The third kappa shape index (κ3) is 11.4. The summed E-state index contributed by atoms with van der Waals surface area (Å²) in [5.41, 5.74) is 1.17. The summed E-state index contributed by atoms with van der Waals surface area (Å²) in [5.74, 6) is 0. The quantitative estimate of drug-likeness (QED) is 0.394. The number of nitrogens with one attached hydrogen (secondary N) is 2. The first-order valence-corrected chi connectivity index (χ1v) is 16.6. The van der Waals surface area contributed by atoms with E-state index in [1.807, 2.05) is 60.7 Å². The van der Waals surface area contributed by atoms with Crippen LogP contribution < -0.4 is 28.4 Å². The summed E-state index contributed by atoms with van der Waals surface area (Å²) in [6.45, 7) is 5.72. The number of carbonyl (C=O) groups is 3. The van der Waals surface area contributed by atoms with Crippen molar-refractivity contribution in [1.29, 1.82) is 0 Å². The van der Waals surface area contributed by atoms with Crippen LogP contribution in [0.2, 0.25) is 0 Å². The third-order valence-corrected chi connectivity index (χ3v) is 9.20. The normalized spacial score (nSPS) is 27.4. The molecule has 8 atom stereocenters. The lowest BCUT2D eigenvalue weighted by Gasteiger charge is -2.41. The molecule has 50 heavy (non-hydrogen) atoms. The van der Waals surface area contributed by atoms with E-state index < -0.39 is 54.3 Å². The minimum absolute atomic E-state index is 0. The van der Waals surface area contributed by atoms with E-state index in [4.69, 9.17) is 14.2 Å². The second-order valence-corrected chi connectivity index (χ2v) is 13.9. The Bertz CT molecular complexity index is 1350.